The molecule has 0 unspecified atom stereocenters. The van der Waals surface area contributed by atoms with Crippen molar-refractivity contribution in [2.45, 2.75) is 19.4 Å². The van der Waals surface area contributed by atoms with Crippen molar-refractivity contribution in [3.8, 4) is 40.1 Å². The van der Waals surface area contributed by atoms with E-state index in [-0.39, 0.29) is 40.4 Å². The van der Waals surface area contributed by atoms with Gasteiger partial charge in [0.25, 0.3) is 0 Å². The van der Waals surface area contributed by atoms with E-state index in [1.54, 1.807) is 25.1 Å². The number of aromatic hydroxyl groups is 2. The number of hydrogen-bond donors (Lipinski definition) is 3. The second kappa shape index (κ2) is 8.61. The van der Waals surface area contributed by atoms with E-state index >= 15 is 0 Å². The van der Waals surface area contributed by atoms with Gasteiger partial charge in [0.15, 0.2) is 17.3 Å². The maximum absolute atomic E-state index is 13.0. The second-order valence-electron chi connectivity index (χ2n) is 7.04. The van der Waals surface area contributed by atoms with Crippen molar-refractivity contribution in [2.75, 3.05) is 21.3 Å². The highest BCUT2D eigenvalue weighted by molar-refractivity contribution is 5.91. The van der Waals surface area contributed by atoms with Crippen LogP contribution in [0, 0.1) is 0 Å². The van der Waals surface area contributed by atoms with Gasteiger partial charge in [0.2, 0.25) is 16.9 Å². The average molecular weight is 428 g/mol. The highest BCUT2D eigenvalue weighted by Gasteiger charge is 2.24. The highest BCUT2D eigenvalue weighted by Crippen LogP contribution is 2.44. The molecule has 0 aliphatic carbocycles. The van der Waals surface area contributed by atoms with Crippen LogP contribution in [0.2, 0.25) is 0 Å². The van der Waals surface area contributed by atoms with Crippen molar-refractivity contribution in [1.29, 1.82) is 0 Å². The summed E-state index contributed by atoms with van der Waals surface area (Å²) in [7, 11) is 4.13. The van der Waals surface area contributed by atoms with Crippen LogP contribution in [0.4, 0.5) is 0 Å². The van der Waals surface area contributed by atoms with Gasteiger partial charge in [-0.1, -0.05) is 12.2 Å². The zero-order chi connectivity index (χ0) is 22.9. The van der Waals surface area contributed by atoms with Crippen LogP contribution < -0.4 is 19.6 Å². The van der Waals surface area contributed by atoms with Crippen LogP contribution in [0.25, 0.3) is 22.3 Å². The van der Waals surface area contributed by atoms with Crippen LogP contribution in [-0.4, -0.2) is 42.8 Å². The Kier molecular flexibility index (Phi) is 6.12. The van der Waals surface area contributed by atoms with E-state index in [9.17, 15) is 20.1 Å². The molecule has 0 radical (unpaired) electrons. The monoisotopic (exact) mass is 428 g/mol. The fraction of sp³-hybridized carbons (Fsp3) is 0.261. The van der Waals surface area contributed by atoms with E-state index < -0.39 is 17.3 Å². The van der Waals surface area contributed by atoms with Gasteiger partial charge in [0.1, 0.15) is 16.7 Å². The minimum Gasteiger partial charge on any atom is -0.504 e. The van der Waals surface area contributed by atoms with Gasteiger partial charge >= 0.3 is 0 Å². The minimum atomic E-state index is -0.796. The Balaban J connectivity index is 2.25. The molecule has 1 heterocycles. The number of rotatable bonds is 7. The van der Waals surface area contributed by atoms with Crippen LogP contribution in [0.5, 0.6) is 28.7 Å². The van der Waals surface area contributed by atoms with E-state index in [0.717, 1.165) is 0 Å². The van der Waals surface area contributed by atoms with Crippen molar-refractivity contribution in [1.82, 2.24) is 0 Å². The summed E-state index contributed by atoms with van der Waals surface area (Å²) in [6, 6.07) is 6.12. The first-order chi connectivity index (χ1) is 14.7. The minimum absolute atomic E-state index is 0.00675. The normalized spacial score (nSPS) is 11.9. The van der Waals surface area contributed by atoms with Crippen LogP contribution in [0.15, 0.2) is 45.6 Å². The Morgan fingerprint density at radius 3 is 2.35 bits per heavy atom. The first-order valence-electron chi connectivity index (χ1n) is 9.37. The molecule has 8 heteroatoms. The van der Waals surface area contributed by atoms with E-state index in [1.807, 2.05) is 0 Å². The Morgan fingerprint density at radius 2 is 1.77 bits per heavy atom. The van der Waals surface area contributed by atoms with Gasteiger partial charge < -0.3 is 33.9 Å². The van der Waals surface area contributed by atoms with Crippen LogP contribution in [0.1, 0.15) is 12.5 Å². The Morgan fingerprint density at radius 1 is 1.10 bits per heavy atom. The summed E-state index contributed by atoms with van der Waals surface area (Å²) in [6.45, 7) is 5.46. The summed E-state index contributed by atoms with van der Waals surface area (Å²) in [4.78, 5) is 13.0. The summed E-state index contributed by atoms with van der Waals surface area (Å²) in [5.74, 6) is -0.585. The zero-order valence-corrected chi connectivity index (χ0v) is 17.7. The van der Waals surface area contributed by atoms with Crippen molar-refractivity contribution in [2.24, 2.45) is 0 Å². The first kappa shape index (κ1) is 22.0. The van der Waals surface area contributed by atoms with E-state index in [2.05, 4.69) is 6.58 Å². The Labute approximate surface area is 178 Å². The standard InChI is InChI=1S/C23H24O8/c1-11(2)14(24)9-13-8-12(6-7-16(13)28-3)21-20(27)19(26)18-17(31-21)10-15(25)22(29-4)23(18)30-5/h6-8,10,14,24-25,27H,1,9H2,2-5H3/t14-/m0/s1. The van der Waals surface area contributed by atoms with Crippen molar-refractivity contribution < 1.29 is 33.9 Å². The molecule has 0 saturated carbocycles. The molecule has 1 atom stereocenters. The summed E-state index contributed by atoms with van der Waals surface area (Å²) < 4.78 is 21.5. The maximum Gasteiger partial charge on any atom is 0.238 e. The first-order valence-corrected chi connectivity index (χ1v) is 9.37. The molecule has 0 aliphatic rings. The number of phenols is 1. The third kappa shape index (κ3) is 3.89. The Bertz CT molecular complexity index is 1210. The van der Waals surface area contributed by atoms with Gasteiger partial charge in [-0.05, 0) is 30.7 Å². The van der Waals surface area contributed by atoms with Crippen LogP contribution in [-0.2, 0) is 6.42 Å². The summed E-state index contributed by atoms with van der Waals surface area (Å²) in [5, 5.41) is 31.0. The smallest absolute Gasteiger partial charge is 0.238 e. The number of aliphatic hydroxyl groups excluding tert-OH is 1. The fourth-order valence-electron chi connectivity index (χ4n) is 3.33. The van der Waals surface area contributed by atoms with Gasteiger partial charge in [-0.3, -0.25) is 4.79 Å². The molecule has 164 valence electrons. The molecular formula is C23H24O8. The van der Waals surface area contributed by atoms with Crippen LogP contribution in [0.3, 0.4) is 0 Å². The summed E-state index contributed by atoms with van der Waals surface area (Å²) in [5.41, 5.74) is 0.866. The third-order valence-corrected chi connectivity index (χ3v) is 4.98. The average Bonchev–Trinajstić information content (AvgIpc) is 2.75. The van der Waals surface area contributed by atoms with Crippen molar-refractivity contribution >= 4 is 11.0 Å². The molecule has 0 bridgehead atoms. The lowest BCUT2D eigenvalue weighted by Gasteiger charge is -2.16. The predicted molar refractivity (Wildman–Crippen MR) is 115 cm³/mol. The zero-order valence-electron chi connectivity index (χ0n) is 17.7. The van der Waals surface area contributed by atoms with Gasteiger partial charge in [-0.25, -0.2) is 0 Å². The Hall–Kier alpha value is -3.65. The lowest BCUT2D eigenvalue weighted by atomic mass is 9.99. The van der Waals surface area contributed by atoms with E-state index in [0.29, 0.717) is 22.4 Å². The van der Waals surface area contributed by atoms with Crippen molar-refractivity contribution in [3.05, 3.63) is 52.2 Å². The van der Waals surface area contributed by atoms with Crippen molar-refractivity contribution in [3.63, 3.8) is 0 Å². The van der Waals surface area contributed by atoms with Gasteiger partial charge in [0.05, 0.1) is 27.4 Å². The molecule has 1 aromatic heterocycles. The number of benzene rings is 2. The molecule has 3 aromatic rings. The maximum atomic E-state index is 13.0. The molecule has 0 aliphatic heterocycles. The number of methoxy groups -OCH3 is 3. The summed E-state index contributed by atoms with van der Waals surface area (Å²) >= 11 is 0. The number of hydrogen-bond acceptors (Lipinski definition) is 8. The fourth-order valence-corrected chi connectivity index (χ4v) is 3.33. The van der Waals surface area contributed by atoms with E-state index in [1.165, 1.54) is 27.4 Å². The lowest BCUT2D eigenvalue weighted by Crippen LogP contribution is -2.12. The molecule has 0 saturated heterocycles. The topological polar surface area (TPSA) is 119 Å². The number of ether oxygens (including phenoxy) is 3. The SMILES string of the molecule is C=C(C)[C@@H](O)Cc1cc(-c2oc3cc(O)c(OC)c(OC)c3c(=O)c2O)ccc1OC. The van der Waals surface area contributed by atoms with E-state index in [4.69, 9.17) is 18.6 Å². The van der Waals surface area contributed by atoms with Gasteiger partial charge in [0, 0.05) is 18.1 Å². The third-order valence-electron chi connectivity index (χ3n) is 4.98. The largest absolute Gasteiger partial charge is 0.504 e. The van der Waals surface area contributed by atoms with Crippen LogP contribution >= 0.6 is 0 Å². The molecule has 0 fully saturated rings. The summed E-state index contributed by atoms with van der Waals surface area (Å²) in [6.07, 6.45) is -0.577. The molecular weight excluding hydrogens is 404 g/mol. The molecule has 8 nitrogen and oxygen atoms in total. The number of fused-ring (bicyclic) bond motifs is 1. The quantitative estimate of drug-likeness (QED) is 0.490. The lowest BCUT2D eigenvalue weighted by molar-refractivity contribution is 0.210. The van der Waals surface area contributed by atoms with Gasteiger partial charge in [-0.2, -0.15) is 0 Å². The highest BCUT2D eigenvalue weighted by atomic mass is 16.5. The molecule has 0 spiro atoms. The van der Waals surface area contributed by atoms with Gasteiger partial charge in [-0.15, -0.1) is 0 Å². The molecule has 0 amide bonds. The number of aliphatic hydroxyl groups is 1. The second-order valence-corrected chi connectivity index (χ2v) is 7.04. The molecule has 31 heavy (non-hydrogen) atoms. The molecule has 3 rings (SSSR count). The number of phenolic OH excluding ortho intramolecular Hbond substituents is 1. The molecule has 2 aromatic carbocycles. The predicted octanol–water partition coefficient (Wildman–Crippen LogP) is 3.38. The molecule has 3 N–H and O–H groups in total.